The van der Waals surface area contributed by atoms with Crippen molar-refractivity contribution in [3.8, 4) is 0 Å². The molecular weight excluding hydrogens is 264 g/mol. The number of methoxy groups -OCH3 is 1. The maximum absolute atomic E-state index is 11.5. The Morgan fingerprint density at radius 2 is 1.43 bits per heavy atom. The second-order valence-electron chi connectivity index (χ2n) is 5.99. The summed E-state index contributed by atoms with van der Waals surface area (Å²) in [5.41, 5.74) is 0. The van der Waals surface area contributed by atoms with Gasteiger partial charge >= 0.3 is 5.97 Å². The van der Waals surface area contributed by atoms with Gasteiger partial charge in [0, 0.05) is 20.0 Å². The Bertz CT molecular complexity index is 229. The molecule has 0 aromatic heterocycles. The Morgan fingerprint density at radius 3 is 1.95 bits per heavy atom. The third kappa shape index (κ3) is 15.6. The van der Waals surface area contributed by atoms with Crippen molar-refractivity contribution in [2.24, 2.45) is 0 Å². The molecule has 0 aliphatic heterocycles. The molecule has 0 spiro atoms. The van der Waals surface area contributed by atoms with Crippen molar-refractivity contribution in [1.29, 1.82) is 0 Å². The highest BCUT2D eigenvalue weighted by atomic mass is 16.5. The van der Waals surface area contributed by atoms with Gasteiger partial charge in [0.05, 0.1) is 12.7 Å². The van der Waals surface area contributed by atoms with E-state index in [0.717, 1.165) is 19.3 Å². The van der Waals surface area contributed by atoms with Crippen molar-refractivity contribution < 1.29 is 14.3 Å². The Morgan fingerprint density at radius 1 is 0.905 bits per heavy atom. The number of hydrogen-bond donors (Lipinski definition) is 0. The minimum atomic E-state index is -0.0575. The van der Waals surface area contributed by atoms with Crippen LogP contribution in [0.15, 0.2) is 0 Å². The Hall–Kier alpha value is -0.570. The van der Waals surface area contributed by atoms with Crippen molar-refractivity contribution >= 4 is 5.97 Å². The molecule has 1 unspecified atom stereocenters. The van der Waals surface area contributed by atoms with E-state index >= 15 is 0 Å². The van der Waals surface area contributed by atoms with E-state index in [1.54, 1.807) is 7.11 Å². The van der Waals surface area contributed by atoms with Crippen LogP contribution in [0, 0.1) is 0 Å². The fourth-order valence-electron chi connectivity index (χ4n) is 2.29. The summed E-state index contributed by atoms with van der Waals surface area (Å²) in [6, 6.07) is 0. The summed E-state index contributed by atoms with van der Waals surface area (Å²) in [6.07, 6.45) is 14.4. The summed E-state index contributed by atoms with van der Waals surface area (Å²) in [4.78, 5) is 11.5. The molecule has 0 rings (SSSR count). The predicted octanol–water partition coefficient (Wildman–Crippen LogP) is 5.27. The Balaban J connectivity index is 3.18. The van der Waals surface area contributed by atoms with Crippen LogP contribution in [0.5, 0.6) is 0 Å². The average Bonchev–Trinajstić information content (AvgIpc) is 2.49. The van der Waals surface area contributed by atoms with Gasteiger partial charge in [-0.1, -0.05) is 64.7 Å². The second kappa shape index (κ2) is 15.8. The van der Waals surface area contributed by atoms with Crippen LogP contribution < -0.4 is 0 Å². The molecule has 0 N–H and O–H groups in total. The topological polar surface area (TPSA) is 35.5 Å². The molecule has 21 heavy (non-hydrogen) atoms. The van der Waals surface area contributed by atoms with Crippen molar-refractivity contribution in [2.45, 2.75) is 97.0 Å². The zero-order chi connectivity index (χ0) is 15.8. The first-order valence-corrected chi connectivity index (χ1v) is 8.89. The molecule has 0 saturated heterocycles. The van der Waals surface area contributed by atoms with E-state index in [2.05, 4.69) is 6.92 Å². The van der Waals surface area contributed by atoms with Crippen molar-refractivity contribution in [1.82, 2.24) is 0 Å². The van der Waals surface area contributed by atoms with Gasteiger partial charge in [0.2, 0.25) is 0 Å². The number of carbonyl (C=O) groups is 1. The van der Waals surface area contributed by atoms with Gasteiger partial charge < -0.3 is 9.47 Å². The molecule has 0 radical (unpaired) electrons. The van der Waals surface area contributed by atoms with Gasteiger partial charge in [0.15, 0.2) is 0 Å². The first-order chi connectivity index (χ1) is 10.2. The lowest BCUT2D eigenvalue weighted by atomic mass is 10.1. The second-order valence-corrected chi connectivity index (χ2v) is 5.99. The minimum absolute atomic E-state index is 0.0575. The molecule has 0 saturated carbocycles. The molecular formula is C18H36O3. The van der Waals surface area contributed by atoms with E-state index < -0.39 is 0 Å². The first kappa shape index (κ1) is 20.4. The fraction of sp³-hybridized carbons (Fsp3) is 0.944. The molecule has 126 valence electrons. The molecule has 0 amide bonds. The first-order valence-electron chi connectivity index (χ1n) is 8.89. The van der Waals surface area contributed by atoms with Crippen LogP contribution in [0.1, 0.15) is 90.9 Å². The summed E-state index contributed by atoms with van der Waals surface area (Å²) < 4.78 is 10.3. The largest absolute Gasteiger partial charge is 0.466 e. The lowest BCUT2D eigenvalue weighted by Crippen LogP contribution is -2.12. The summed E-state index contributed by atoms with van der Waals surface area (Å²) in [5, 5.41) is 0. The number of carbonyl (C=O) groups excluding carboxylic acids is 1. The molecule has 3 heteroatoms. The van der Waals surface area contributed by atoms with E-state index in [4.69, 9.17) is 9.47 Å². The number of rotatable bonds is 15. The smallest absolute Gasteiger partial charge is 0.305 e. The molecule has 0 aromatic rings. The Kier molecular flexibility index (Phi) is 15.4. The van der Waals surface area contributed by atoms with Gasteiger partial charge in [-0.15, -0.1) is 0 Å². The van der Waals surface area contributed by atoms with Crippen LogP contribution in [0.25, 0.3) is 0 Å². The maximum Gasteiger partial charge on any atom is 0.305 e. The number of unbranched alkanes of at least 4 members (excludes halogenated alkanes) is 9. The van der Waals surface area contributed by atoms with Crippen LogP contribution in [0.2, 0.25) is 0 Å². The van der Waals surface area contributed by atoms with Gasteiger partial charge in [-0.2, -0.15) is 0 Å². The fourth-order valence-corrected chi connectivity index (χ4v) is 2.29. The zero-order valence-corrected chi connectivity index (χ0v) is 14.5. The maximum atomic E-state index is 11.5. The van der Waals surface area contributed by atoms with Crippen LogP contribution in [0.3, 0.4) is 0 Å². The quantitative estimate of drug-likeness (QED) is 0.305. The number of ether oxygens (including phenoxy) is 2. The SMILES string of the molecule is CCCCCCCCCCCCC(=O)OCCC(C)OC. The molecule has 0 bridgehead atoms. The lowest BCUT2D eigenvalue weighted by molar-refractivity contribution is -0.144. The zero-order valence-electron chi connectivity index (χ0n) is 14.5. The summed E-state index contributed by atoms with van der Waals surface area (Å²) >= 11 is 0. The van der Waals surface area contributed by atoms with Crippen molar-refractivity contribution in [2.75, 3.05) is 13.7 Å². The number of esters is 1. The van der Waals surface area contributed by atoms with E-state index in [1.165, 1.54) is 51.4 Å². The summed E-state index contributed by atoms with van der Waals surface area (Å²) in [5.74, 6) is -0.0575. The van der Waals surface area contributed by atoms with E-state index in [9.17, 15) is 4.79 Å². The van der Waals surface area contributed by atoms with E-state index in [1.807, 2.05) is 6.92 Å². The van der Waals surface area contributed by atoms with Crippen LogP contribution in [-0.2, 0) is 14.3 Å². The van der Waals surface area contributed by atoms with Crippen LogP contribution in [-0.4, -0.2) is 25.8 Å². The van der Waals surface area contributed by atoms with Gasteiger partial charge in [0.1, 0.15) is 0 Å². The number of hydrogen-bond acceptors (Lipinski definition) is 3. The molecule has 0 aliphatic rings. The normalized spacial score (nSPS) is 12.3. The van der Waals surface area contributed by atoms with Crippen LogP contribution >= 0.6 is 0 Å². The third-order valence-electron chi connectivity index (χ3n) is 3.92. The summed E-state index contributed by atoms with van der Waals surface area (Å²) in [6.45, 7) is 4.71. The molecule has 3 nitrogen and oxygen atoms in total. The predicted molar refractivity (Wildman–Crippen MR) is 88.5 cm³/mol. The molecule has 0 aliphatic carbocycles. The monoisotopic (exact) mass is 300 g/mol. The van der Waals surface area contributed by atoms with Gasteiger partial charge in [-0.05, 0) is 13.3 Å². The standard InChI is InChI=1S/C18H36O3/c1-4-5-6-7-8-9-10-11-12-13-14-18(19)21-16-15-17(2)20-3/h17H,4-16H2,1-3H3. The average molecular weight is 300 g/mol. The minimum Gasteiger partial charge on any atom is -0.466 e. The van der Waals surface area contributed by atoms with E-state index in [-0.39, 0.29) is 12.1 Å². The summed E-state index contributed by atoms with van der Waals surface area (Å²) in [7, 11) is 1.68. The molecule has 1 atom stereocenters. The van der Waals surface area contributed by atoms with Gasteiger partial charge in [-0.25, -0.2) is 0 Å². The van der Waals surface area contributed by atoms with Gasteiger partial charge in [0.25, 0.3) is 0 Å². The van der Waals surface area contributed by atoms with Gasteiger partial charge in [-0.3, -0.25) is 4.79 Å². The molecule has 0 fully saturated rings. The Labute approximate surface area is 131 Å². The van der Waals surface area contributed by atoms with Crippen molar-refractivity contribution in [3.63, 3.8) is 0 Å². The highest BCUT2D eigenvalue weighted by molar-refractivity contribution is 5.69. The third-order valence-corrected chi connectivity index (χ3v) is 3.92. The lowest BCUT2D eigenvalue weighted by Gasteiger charge is -2.09. The van der Waals surface area contributed by atoms with Crippen LogP contribution in [0.4, 0.5) is 0 Å². The van der Waals surface area contributed by atoms with E-state index in [0.29, 0.717) is 13.0 Å². The highest BCUT2D eigenvalue weighted by Crippen LogP contribution is 2.11. The molecule has 0 aromatic carbocycles. The highest BCUT2D eigenvalue weighted by Gasteiger charge is 2.04. The van der Waals surface area contributed by atoms with Crippen molar-refractivity contribution in [3.05, 3.63) is 0 Å². The molecule has 0 heterocycles.